The number of hydrogen-bond donors (Lipinski definition) is 5. The Morgan fingerprint density at radius 3 is 2.21 bits per heavy atom. The Morgan fingerprint density at radius 2 is 1.62 bits per heavy atom. The highest BCUT2D eigenvalue weighted by molar-refractivity contribution is 6.24. The van der Waals surface area contributed by atoms with E-state index in [0.29, 0.717) is 43.4 Å². The van der Waals surface area contributed by atoms with Gasteiger partial charge in [-0.25, -0.2) is 24.2 Å². The van der Waals surface area contributed by atoms with Crippen molar-refractivity contribution in [3.05, 3.63) is 82.5 Å². The first kappa shape index (κ1) is 43.2. The summed E-state index contributed by atoms with van der Waals surface area (Å²) in [6.07, 6.45) is -9.85. The van der Waals surface area contributed by atoms with Crippen molar-refractivity contribution >= 4 is 29.4 Å². The van der Waals surface area contributed by atoms with Crippen LogP contribution in [0.2, 0.25) is 0 Å². The van der Waals surface area contributed by atoms with Crippen molar-refractivity contribution in [3.8, 4) is 17.0 Å². The molecule has 312 valence electrons. The molecule has 3 aromatic rings. The number of anilines is 1. The van der Waals surface area contributed by atoms with Crippen LogP contribution in [0.3, 0.4) is 0 Å². The van der Waals surface area contributed by atoms with Crippen molar-refractivity contribution in [2.75, 3.05) is 18.9 Å². The van der Waals surface area contributed by atoms with Crippen LogP contribution >= 0.6 is 0 Å². The highest BCUT2D eigenvalue weighted by atomic mass is 19.4. The van der Waals surface area contributed by atoms with Crippen LogP contribution < -0.4 is 15.4 Å². The van der Waals surface area contributed by atoms with Gasteiger partial charge in [-0.3, -0.25) is 24.7 Å². The number of aromatic nitrogens is 2. The van der Waals surface area contributed by atoms with Crippen molar-refractivity contribution < 1.29 is 74.4 Å². The van der Waals surface area contributed by atoms with Crippen LogP contribution in [-0.4, -0.2) is 83.9 Å². The van der Waals surface area contributed by atoms with E-state index in [1.807, 2.05) is 0 Å². The topological polar surface area (TPSA) is 195 Å². The molecule has 5 rings (SSSR count). The molecule has 0 radical (unpaired) electrons. The van der Waals surface area contributed by atoms with Crippen molar-refractivity contribution in [2.24, 2.45) is 0 Å². The third-order valence-electron chi connectivity index (χ3n) is 9.82. The van der Waals surface area contributed by atoms with E-state index in [9.17, 15) is 55.7 Å². The number of halogens is 8. The summed E-state index contributed by atoms with van der Waals surface area (Å²) in [5, 5.41) is 37.2. The molecular formula is C36H34F8N6O8. The van der Waals surface area contributed by atoms with Crippen molar-refractivity contribution in [3.63, 3.8) is 0 Å². The molecule has 1 unspecified atom stereocenters. The summed E-state index contributed by atoms with van der Waals surface area (Å²) in [5.74, 6) is -10.9. The van der Waals surface area contributed by atoms with Gasteiger partial charge in [-0.2, -0.15) is 30.7 Å². The predicted octanol–water partition coefficient (Wildman–Crippen LogP) is 6.05. The zero-order valence-corrected chi connectivity index (χ0v) is 30.4. The first-order chi connectivity index (χ1) is 27.1. The summed E-state index contributed by atoms with van der Waals surface area (Å²) >= 11 is 0. The van der Waals surface area contributed by atoms with Gasteiger partial charge in [0.05, 0.1) is 35.4 Å². The fourth-order valence-electron chi connectivity index (χ4n) is 6.86. The van der Waals surface area contributed by atoms with Gasteiger partial charge in [-0.1, -0.05) is 25.8 Å². The molecule has 1 atom stereocenters. The number of nitrogens with zero attached hydrogens (tertiary/aromatic N) is 4. The lowest BCUT2D eigenvalue weighted by atomic mass is 9.88. The van der Waals surface area contributed by atoms with Gasteiger partial charge in [0, 0.05) is 24.6 Å². The Morgan fingerprint density at radius 1 is 0.948 bits per heavy atom. The Balaban J connectivity index is 1.52. The number of hydrazine groups is 1. The SMILES string of the molecule is CCNC(CCC(=O)O)(Oc1ccc(CN2C(=O)C(C(=O)Nc3ccc(C(F)(F)F)cc3-c3cc(C(F)(F)F)ncn3)=C(O)C3(CCCC3)N2C)c(F)c1F)C(=O)O. The third-order valence-corrected chi connectivity index (χ3v) is 9.82. The average molecular weight is 831 g/mol. The molecular weight excluding hydrogens is 796 g/mol. The maximum absolute atomic E-state index is 15.8. The molecule has 1 aliphatic heterocycles. The number of alkyl halides is 6. The Bertz CT molecular complexity index is 2160. The van der Waals surface area contributed by atoms with E-state index in [-0.39, 0.29) is 19.4 Å². The average Bonchev–Trinajstić information content (AvgIpc) is 3.65. The second kappa shape index (κ2) is 16.2. The fourth-order valence-corrected chi connectivity index (χ4v) is 6.86. The quantitative estimate of drug-likeness (QED) is 0.0763. The lowest BCUT2D eigenvalue weighted by Gasteiger charge is -2.48. The lowest BCUT2D eigenvalue weighted by Crippen LogP contribution is -2.62. The highest BCUT2D eigenvalue weighted by Gasteiger charge is 2.53. The zero-order chi connectivity index (χ0) is 43.0. The lowest BCUT2D eigenvalue weighted by molar-refractivity contribution is -0.163. The maximum atomic E-state index is 15.8. The minimum Gasteiger partial charge on any atom is -0.509 e. The summed E-state index contributed by atoms with van der Waals surface area (Å²) in [5.41, 5.74) is -10.2. The molecule has 1 fully saturated rings. The Labute approximate surface area is 323 Å². The molecule has 2 amide bonds. The van der Waals surface area contributed by atoms with E-state index in [2.05, 4.69) is 20.6 Å². The predicted molar refractivity (Wildman–Crippen MR) is 183 cm³/mol. The molecule has 1 spiro atoms. The molecule has 2 aromatic carbocycles. The van der Waals surface area contributed by atoms with E-state index in [0.717, 1.165) is 17.1 Å². The number of aliphatic hydroxyl groups is 1. The first-order valence-corrected chi connectivity index (χ1v) is 17.3. The van der Waals surface area contributed by atoms with E-state index < -0.39 is 129 Å². The van der Waals surface area contributed by atoms with Gasteiger partial charge < -0.3 is 25.4 Å². The Kier molecular flexibility index (Phi) is 12.0. The summed E-state index contributed by atoms with van der Waals surface area (Å²) in [7, 11) is 1.33. The van der Waals surface area contributed by atoms with Gasteiger partial charge in [0.1, 0.15) is 23.4 Å². The number of aliphatic carboxylic acids is 2. The van der Waals surface area contributed by atoms with Crippen molar-refractivity contribution in [1.82, 2.24) is 25.3 Å². The standard InChI is InChI=1S/C36H34F8N6O8/c1-3-47-34(32(56)57,13-10-25(51)52)58-23-9-6-18(27(37)28(23)38)16-50-31(55)26(29(53)33(49(50)2)11-4-5-12-33)30(54)48-21-8-7-19(35(39,40)41)14-20(21)22-15-24(36(42,43)44)46-17-45-22/h6-9,14-15,17,47,53H,3-5,10-13,16H2,1-2H3,(H,48,54)(H,51,52)(H,56,57). The first-order valence-electron chi connectivity index (χ1n) is 17.3. The minimum absolute atomic E-state index is 0.0880. The molecule has 2 aliphatic rings. The van der Waals surface area contributed by atoms with Gasteiger partial charge in [0.15, 0.2) is 11.6 Å². The number of hydrogen-bond acceptors (Lipinski definition) is 10. The van der Waals surface area contributed by atoms with Gasteiger partial charge in [0.2, 0.25) is 5.82 Å². The number of carboxylic acid groups (broad SMARTS) is 2. The zero-order valence-electron chi connectivity index (χ0n) is 30.4. The normalized spacial score (nSPS) is 17.1. The van der Waals surface area contributed by atoms with Gasteiger partial charge in [-0.15, -0.1) is 0 Å². The van der Waals surface area contributed by atoms with Crippen LogP contribution in [0.1, 0.15) is 62.3 Å². The summed E-state index contributed by atoms with van der Waals surface area (Å²) in [6, 6.07) is 3.77. The number of aliphatic hydroxyl groups excluding tert-OH is 1. The summed E-state index contributed by atoms with van der Waals surface area (Å²) in [6.45, 7) is 0.558. The second-order valence-electron chi connectivity index (χ2n) is 13.4. The van der Waals surface area contributed by atoms with Crippen molar-refractivity contribution in [2.45, 2.75) is 75.6 Å². The molecule has 0 bridgehead atoms. The number of ether oxygens (including phenoxy) is 1. The van der Waals surface area contributed by atoms with Crippen molar-refractivity contribution in [1.29, 1.82) is 0 Å². The van der Waals surface area contributed by atoms with Crippen LogP contribution in [0.25, 0.3) is 11.3 Å². The fraction of sp³-hybridized carbons (Fsp3) is 0.389. The van der Waals surface area contributed by atoms with Gasteiger partial charge >= 0.3 is 24.3 Å². The number of rotatable bonds is 13. The number of nitrogens with one attached hydrogen (secondary N) is 2. The van der Waals surface area contributed by atoms with Gasteiger partial charge in [-0.05, 0) is 49.7 Å². The van der Waals surface area contributed by atoms with Gasteiger partial charge in [0.25, 0.3) is 17.5 Å². The highest BCUT2D eigenvalue weighted by Crippen LogP contribution is 2.45. The molecule has 0 saturated heterocycles. The maximum Gasteiger partial charge on any atom is 0.433 e. The molecule has 58 heavy (non-hydrogen) atoms. The van der Waals surface area contributed by atoms with Crippen LogP contribution in [0.5, 0.6) is 5.75 Å². The smallest absolute Gasteiger partial charge is 0.433 e. The van der Waals surface area contributed by atoms with Crippen LogP contribution in [0.15, 0.2) is 54.1 Å². The number of likely N-dealkylation sites (N-methyl/N-ethyl adjacent to an activating group) is 2. The molecule has 5 N–H and O–H groups in total. The van der Waals surface area contributed by atoms with E-state index in [4.69, 9.17) is 9.84 Å². The number of carboxylic acids is 2. The number of carbonyl (C=O) groups is 4. The number of carbonyl (C=O) groups excluding carboxylic acids is 2. The molecule has 14 nitrogen and oxygen atoms in total. The number of benzene rings is 2. The van der Waals surface area contributed by atoms with Crippen LogP contribution in [0, 0.1) is 11.6 Å². The van der Waals surface area contributed by atoms with E-state index >= 15 is 8.78 Å². The molecule has 1 aliphatic carbocycles. The molecule has 2 heterocycles. The monoisotopic (exact) mass is 830 g/mol. The minimum atomic E-state index is -5.04. The van der Waals surface area contributed by atoms with E-state index in [1.165, 1.54) is 19.0 Å². The summed E-state index contributed by atoms with van der Waals surface area (Å²) in [4.78, 5) is 58.2. The largest absolute Gasteiger partial charge is 0.509 e. The number of amides is 2. The van der Waals surface area contributed by atoms with Crippen LogP contribution in [0.4, 0.5) is 40.8 Å². The van der Waals surface area contributed by atoms with Crippen LogP contribution in [-0.2, 0) is 38.1 Å². The third kappa shape index (κ3) is 8.37. The summed E-state index contributed by atoms with van der Waals surface area (Å²) < 4.78 is 118. The van der Waals surface area contributed by atoms with E-state index in [1.54, 1.807) is 0 Å². The molecule has 1 saturated carbocycles. The molecule has 22 heteroatoms. The Hall–Kier alpha value is -5.90. The second-order valence-corrected chi connectivity index (χ2v) is 13.4. The molecule has 1 aromatic heterocycles.